The van der Waals surface area contributed by atoms with Gasteiger partial charge in [-0.2, -0.15) is 0 Å². The van der Waals surface area contributed by atoms with Gasteiger partial charge in [0.15, 0.2) is 5.78 Å². The Morgan fingerprint density at radius 1 is 1.50 bits per heavy atom. The number of carbonyl (C=O) groups excluding carboxylic acids is 1. The zero-order valence-corrected chi connectivity index (χ0v) is 12.5. The molecule has 0 fully saturated rings. The minimum atomic E-state index is 0.0754. The molecule has 1 heterocycles. The molecule has 0 bridgehead atoms. The second-order valence-electron chi connectivity index (χ2n) is 3.82. The van der Waals surface area contributed by atoms with Crippen LogP contribution in [0.3, 0.4) is 0 Å². The van der Waals surface area contributed by atoms with Gasteiger partial charge in [-0.05, 0) is 25.1 Å². The van der Waals surface area contributed by atoms with Crippen molar-refractivity contribution in [3.63, 3.8) is 0 Å². The third kappa shape index (κ3) is 2.79. The van der Waals surface area contributed by atoms with Crippen LogP contribution in [0.1, 0.15) is 20.9 Å². The fourth-order valence-electron chi connectivity index (χ4n) is 1.71. The molecular weight excluding hydrogens is 314 g/mol. The molecule has 3 nitrogen and oxygen atoms in total. The lowest BCUT2D eigenvalue weighted by molar-refractivity contribution is 0.0995. The third-order valence-electron chi connectivity index (χ3n) is 2.59. The molecule has 18 heavy (non-hydrogen) atoms. The maximum absolute atomic E-state index is 12.2. The van der Waals surface area contributed by atoms with Crippen molar-refractivity contribution < 1.29 is 9.53 Å². The predicted molar refractivity (Wildman–Crippen MR) is 75.6 cm³/mol. The summed E-state index contributed by atoms with van der Waals surface area (Å²) in [6.07, 6.45) is 0.325. The van der Waals surface area contributed by atoms with E-state index in [1.54, 1.807) is 12.6 Å². The third-order valence-corrected chi connectivity index (χ3v) is 4.06. The first kappa shape index (κ1) is 13.2. The Hall–Kier alpha value is -1.20. The molecule has 0 aliphatic heterocycles. The first-order valence-electron chi connectivity index (χ1n) is 5.37. The van der Waals surface area contributed by atoms with Crippen LogP contribution in [-0.2, 0) is 6.42 Å². The summed E-state index contributed by atoms with van der Waals surface area (Å²) in [5.41, 5.74) is 3.37. The number of ether oxygens (including phenoxy) is 1. The van der Waals surface area contributed by atoms with Crippen LogP contribution < -0.4 is 4.74 Å². The normalized spacial score (nSPS) is 10.4. The molecule has 0 N–H and O–H groups in total. The van der Waals surface area contributed by atoms with Crippen LogP contribution in [0.15, 0.2) is 28.2 Å². The number of benzene rings is 1. The number of aromatic nitrogens is 1. The van der Waals surface area contributed by atoms with E-state index in [0.29, 0.717) is 6.42 Å². The van der Waals surface area contributed by atoms with Crippen LogP contribution in [0.2, 0.25) is 0 Å². The molecule has 0 aliphatic carbocycles. The predicted octanol–water partition coefficient (Wildman–Crippen LogP) is 3.65. The molecular formula is C13H12BrNO2S. The van der Waals surface area contributed by atoms with Gasteiger partial charge in [-0.1, -0.05) is 15.9 Å². The average Bonchev–Trinajstić information content (AvgIpc) is 2.76. The van der Waals surface area contributed by atoms with E-state index in [0.717, 1.165) is 26.4 Å². The fourth-order valence-corrected chi connectivity index (χ4v) is 2.86. The van der Waals surface area contributed by atoms with Crippen molar-refractivity contribution >= 4 is 33.0 Å². The van der Waals surface area contributed by atoms with Crippen molar-refractivity contribution in [1.82, 2.24) is 4.98 Å². The van der Waals surface area contributed by atoms with E-state index in [2.05, 4.69) is 20.9 Å². The smallest absolute Gasteiger partial charge is 0.179 e. The Balaban J connectivity index is 2.27. The van der Waals surface area contributed by atoms with Gasteiger partial charge >= 0.3 is 0 Å². The summed E-state index contributed by atoms with van der Waals surface area (Å²) in [6.45, 7) is 1.85. The summed E-state index contributed by atoms with van der Waals surface area (Å²) in [7, 11) is 1.61. The summed E-state index contributed by atoms with van der Waals surface area (Å²) in [4.78, 5) is 17.0. The topological polar surface area (TPSA) is 39.2 Å². The first-order chi connectivity index (χ1) is 8.61. The molecule has 0 radical (unpaired) electrons. The highest BCUT2D eigenvalue weighted by atomic mass is 79.9. The van der Waals surface area contributed by atoms with E-state index in [1.165, 1.54) is 11.3 Å². The van der Waals surface area contributed by atoms with Crippen molar-refractivity contribution in [2.45, 2.75) is 13.3 Å². The zero-order chi connectivity index (χ0) is 13.1. The number of ketones is 1. The lowest BCUT2D eigenvalue weighted by Crippen LogP contribution is -2.04. The zero-order valence-electron chi connectivity index (χ0n) is 10.1. The summed E-state index contributed by atoms with van der Waals surface area (Å²) in [5, 5.41) is 0. The second kappa shape index (κ2) is 5.63. The summed E-state index contributed by atoms with van der Waals surface area (Å²) in [6, 6.07) is 5.66. The van der Waals surface area contributed by atoms with Crippen LogP contribution in [0.4, 0.5) is 0 Å². The minimum Gasteiger partial charge on any atom is -0.496 e. The standard InChI is InChI=1S/C13H12BrNO2S/c1-8-13(18-7-15-8)11(16)6-9-5-10(14)3-4-12(9)17-2/h3-5,7H,6H2,1-2H3. The number of hydrogen-bond donors (Lipinski definition) is 0. The highest BCUT2D eigenvalue weighted by Gasteiger charge is 2.15. The van der Waals surface area contributed by atoms with Crippen molar-refractivity contribution in [2.24, 2.45) is 0 Å². The van der Waals surface area contributed by atoms with E-state index < -0.39 is 0 Å². The number of halogens is 1. The molecule has 0 spiro atoms. The molecule has 5 heteroatoms. The lowest BCUT2D eigenvalue weighted by Gasteiger charge is -2.08. The highest BCUT2D eigenvalue weighted by molar-refractivity contribution is 9.10. The van der Waals surface area contributed by atoms with E-state index >= 15 is 0 Å². The molecule has 2 rings (SSSR count). The molecule has 0 amide bonds. The molecule has 1 aromatic heterocycles. The van der Waals surface area contributed by atoms with Crippen LogP contribution in [0, 0.1) is 6.92 Å². The number of rotatable bonds is 4. The molecule has 0 saturated carbocycles. The number of Topliss-reactive ketones (excluding diaryl/α,β-unsaturated/α-hetero) is 1. The van der Waals surface area contributed by atoms with Crippen molar-refractivity contribution in [1.29, 1.82) is 0 Å². The largest absolute Gasteiger partial charge is 0.496 e. The first-order valence-corrected chi connectivity index (χ1v) is 7.04. The van der Waals surface area contributed by atoms with Gasteiger partial charge in [0.2, 0.25) is 0 Å². The molecule has 0 saturated heterocycles. The second-order valence-corrected chi connectivity index (χ2v) is 5.59. The van der Waals surface area contributed by atoms with Gasteiger partial charge in [-0.15, -0.1) is 11.3 Å². The number of carbonyl (C=O) groups is 1. The highest BCUT2D eigenvalue weighted by Crippen LogP contribution is 2.25. The molecule has 1 aromatic carbocycles. The number of aryl methyl sites for hydroxylation is 1. The summed E-state index contributed by atoms with van der Waals surface area (Å²) < 4.78 is 6.20. The van der Waals surface area contributed by atoms with Crippen LogP contribution in [-0.4, -0.2) is 17.9 Å². The average molecular weight is 326 g/mol. The molecule has 0 unspecified atom stereocenters. The van der Waals surface area contributed by atoms with E-state index in [4.69, 9.17) is 4.74 Å². The Labute approximate surface area is 118 Å². The Bertz CT molecular complexity index is 580. The van der Waals surface area contributed by atoms with Gasteiger partial charge in [0.1, 0.15) is 5.75 Å². The number of thiazole rings is 1. The van der Waals surface area contributed by atoms with Gasteiger partial charge in [-0.25, -0.2) is 4.98 Å². The number of nitrogens with zero attached hydrogens (tertiary/aromatic N) is 1. The quantitative estimate of drug-likeness (QED) is 0.805. The van der Waals surface area contributed by atoms with Gasteiger partial charge in [0.25, 0.3) is 0 Å². The molecule has 0 atom stereocenters. The summed E-state index contributed by atoms with van der Waals surface area (Å²) >= 11 is 4.78. The Morgan fingerprint density at radius 2 is 2.28 bits per heavy atom. The van der Waals surface area contributed by atoms with Gasteiger partial charge in [0, 0.05) is 16.5 Å². The van der Waals surface area contributed by atoms with Crippen molar-refractivity contribution in [3.05, 3.63) is 44.3 Å². The SMILES string of the molecule is COc1ccc(Br)cc1CC(=O)c1scnc1C. The van der Waals surface area contributed by atoms with E-state index in [9.17, 15) is 4.79 Å². The fraction of sp³-hybridized carbons (Fsp3) is 0.231. The van der Waals surface area contributed by atoms with E-state index in [-0.39, 0.29) is 5.78 Å². The van der Waals surface area contributed by atoms with Gasteiger partial charge < -0.3 is 4.74 Å². The molecule has 0 aliphatic rings. The molecule has 2 aromatic rings. The Morgan fingerprint density at radius 3 is 2.89 bits per heavy atom. The van der Waals surface area contributed by atoms with Crippen LogP contribution in [0.5, 0.6) is 5.75 Å². The van der Waals surface area contributed by atoms with Crippen molar-refractivity contribution in [2.75, 3.05) is 7.11 Å². The van der Waals surface area contributed by atoms with Crippen LogP contribution >= 0.6 is 27.3 Å². The van der Waals surface area contributed by atoms with E-state index in [1.807, 2.05) is 25.1 Å². The number of hydrogen-bond acceptors (Lipinski definition) is 4. The maximum Gasteiger partial charge on any atom is 0.179 e. The van der Waals surface area contributed by atoms with Crippen LogP contribution in [0.25, 0.3) is 0 Å². The Kier molecular flexibility index (Phi) is 4.14. The lowest BCUT2D eigenvalue weighted by atomic mass is 10.1. The van der Waals surface area contributed by atoms with Gasteiger partial charge in [-0.3, -0.25) is 4.79 Å². The monoisotopic (exact) mass is 325 g/mol. The minimum absolute atomic E-state index is 0.0754. The molecule has 94 valence electrons. The maximum atomic E-state index is 12.2. The van der Waals surface area contributed by atoms with Gasteiger partial charge in [0.05, 0.1) is 23.2 Å². The number of methoxy groups -OCH3 is 1. The summed E-state index contributed by atoms with van der Waals surface area (Å²) in [5.74, 6) is 0.806. The van der Waals surface area contributed by atoms with Crippen molar-refractivity contribution in [3.8, 4) is 5.75 Å².